The maximum Gasteiger partial charge on any atom is 0.387 e. The SMILES string of the molecule is O=C(C=Cc1cc(Br)cs1)c1cccc(OC(F)F)c1. The molecule has 0 unspecified atom stereocenters. The predicted octanol–water partition coefficient (Wildman–Crippen LogP) is 5.01. The molecule has 0 aliphatic heterocycles. The third-order valence-electron chi connectivity index (χ3n) is 2.33. The lowest BCUT2D eigenvalue weighted by atomic mass is 10.1. The van der Waals surface area contributed by atoms with Crippen molar-refractivity contribution in [2.75, 3.05) is 0 Å². The smallest absolute Gasteiger partial charge is 0.387 e. The number of allylic oxidation sites excluding steroid dienone is 1. The topological polar surface area (TPSA) is 26.3 Å². The molecule has 0 amide bonds. The molecular weight excluding hydrogens is 350 g/mol. The number of hydrogen-bond acceptors (Lipinski definition) is 3. The van der Waals surface area contributed by atoms with Crippen molar-refractivity contribution in [3.8, 4) is 5.75 Å². The van der Waals surface area contributed by atoms with Gasteiger partial charge in [0.2, 0.25) is 0 Å². The number of rotatable bonds is 5. The van der Waals surface area contributed by atoms with Crippen LogP contribution in [0.1, 0.15) is 15.2 Å². The molecule has 0 radical (unpaired) electrons. The summed E-state index contributed by atoms with van der Waals surface area (Å²) in [5.74, 6) is -0.299. The van der Waals surface area contributed by atoms with Gasteiger partial charge in [0.05, 0.1) is 0 Å². The van der Waals surface area contributed by atoms with E-state index in [4.69, 9.17) is 0 Å². The predicted molar refractivity (Wildman–Crippen MR) is 78.5 cm³/mol. The highest BCUT2D eigenvalue weighted by atomic mass is 79.9. The lowest BCUT2D eigenvalue weighted by Gasteiger charge is -2.04. The molecule has 0 N–H and O–H groups in total. The van der Waals surface area contributed by atoms with E-state index in [9.17, 15) is 13.6 Å². The second-order valence-electron chi connectivity index (χ2n) is 3.77. The molecule has 1 aromatic carbocycles. The summed E-state index contributed by atoms with van der Waals surface area (Å²) >= 11 is 4.81. The van der Waals surface area contributed by atoms with E-state index in [-0.39, 0.29) is 11.5 Å². The molecule has 0 saturated carbocycles. The number of carbonyl (C=O) groups excluding carboxylic acids is 1. The number of alkyl halides is 2. The van der Waals surface area contributed by atoms with Crippen molar-refractivity contribution in [1.82, 2.24) is 0 Å². The summed E-state index contributed by atoms with van der Waals surface area (Å²) in [6.45, 7) is -2.90. The van der Waals surface area contributed by atoms with Crippen LogP contribution in [-0.4, -0.2) is 12.4 Å². The van der Waals surface area contributed by atoms with Gasteiger partial charge >= 0.3 is 6.61 Å². The van der Waals surface area contributed by atoms with Gasteiger partial charge in [-0.05, 0) is 46.3 Å². The van der Waals surface area contributed by atoms with E-state index in [0.717, 1.165) is 9.35 Å². The summed E-state index contributed by atoms with van der Waals surface area (Å²) < 4.78 is 29.4. The second kappa shape index (κ2) is 6.76. The van der Waals surface area contributed by atoms with Gasteiger partial charge in [0.25, 0.3) is 0 Å². The Labute approximate surface area is 126 Å². The molecule has 0 fully saturated rings. The zero-order valence-corrected chi connectivity index (χ0v) is 12.5. The molecule has 0 saturated heterocycles. The molecule has 1 aromatic heterocycles. The zero-order chi connectivity index (χ0) is 14.5. The standard InChI is InChI=1S/C14H9BrF2O2S/c15-10-7-12(20-8-10)4-5-13(18)9-2-1-3-11(6-9)19-14(16)17/h1-8,14H. The van der Waals surface area contributed by atoms with E-state index in [2.05, 4.69) is 20.7 Å². The first-order valence-corrected chi connectivity index (χ1v) is 7.23. The Hall–Kier alpha value is -1.53. The molecule has 2 nitrogen and oxygen atoms in total. The molecule has 104 valence electrons. The van der Waals surface area contributed by atoms with E-state index < -0.39 is 6.61 Å². The number of hydrogen-bond donors (Lipinski definition) is 0. The third-order valence-corrected chi connectivity index (χ3v) is 3.99. The number of ether oxygens (including phenoxy) is 1. The van der Waals surface area contributed by atoms with Gasteiger partial charge in [-0.25, -0.2) is 0 Å². The van der Waals surface area contributed by atoms with E-state index in [1.54, 1.807) is 12.1 Å². The van der Waals surface area contributed by atoms with Crippen LogP contribution in [0, 0.1) is 0 Å². The number of benzene rings is 1. The van der Waals surface area contributed by atoms with Gasteiger partial charge in [-0.2, -0.15) is 8.78 Å². The van der Waals surface area contributed by atoms with Crippen molar-refractivity contribution in [2.45, 2.75) is 6.61 Å². The molecule has 0 atom stereocenters. The van der Waals surface area contributed by atoms with Crippen molar-refractivity contribution < 1.29 is 18.3 Å². The van der Waals surface area contributed by atoms with Crippen molar-refractivity contribution >= 4 is 39.1 Å². The lowest BCUT2D eigenvalue weighted by molar-refractivity contribution is -0.0498. The van der Waals surface area contributed by atoms with Crippen LogP contribution in [0.25, 0.3) is 6.08 Å². The molecule has 0 spiro atoms. The highest BCUT2D eigenvalue weighted by Crippen LogP contribution is 2.21. The monoisotopic (exact) mass is 358 g/mol. The van der Waals surface area contributed by atoms with E-state index in [0.29, 0.717) is 5.56 Å². The largest absolute Gasteiger partial charge is 0.435 e. The minimum atomic E-state index is -2.90. The second-order valence-corrected chi connectivity index (χ2v) is 5.63. The maximum atomic E-state index is 12.1. The number of ketones is 1. The van der Waals surface area contributed by atoms with Crippen molar-refractivity contribution in [1.29, 1.82) is 0 Å². The van der Waals surface area contributed by atoms with Gasteiger partial charge in [0.15, 0.2) is 5.78 Å². The molecule has 20 heavy (non-hydrogen) atoms. The van der Waals surface area contributed by atoms with E-state index in [1.807, 2.05) is 11.4 Å². The third kappa shape index (κ3) is 4.25. The van der Waals surface area contributed by atoms with Crippen LogP contribution in [-0.2, 0) is 0 Å². The molecule has 0 aliphatic carbocycles. The number of carbonyl (C=O) groups is 1. The van der Waals surface area contributed by atoms with Crippen molar-refractivity contribution in [3.63, 3.8) is 0 Å². The first-order chi connectivity index (χ1) is 9.54. The molecule has 0 bridgehead atoms. The average Bonchev–Trinajstić information content (AvgIpc) is 2.81. The highest BCUT2D eigenvalue weighted by Gasteiger charge is 2.07. The lowest BCUT2D eigenvalue weighted by Crippen LogP contribution is -2.03. The van der Waals surface area contributed by atoms with Gasteiger partial charge in [0.1, 0.15) is 5.75 Å². The summed E-state index contributed by atoms with van der Waals surface area (Å²) in [5.41, 5.74) is 0.301. The van der Waals surface area contributed by atoms with Crippen LogP contribution in [0.5, 0.6) is 5.75 Å². The Balaban J connectivity index is 2.10. The van der Waals surface area contributed by atoms with Gasteiger partial charge < -0.3 is 4.74 Å². The molecule has 6 heteroatoms. The fraction of sp³-hybridized carbons (Fsp3) is 0.0714. The Morgan fingerprint density at radius 1 is 1.35 bits per heavy atom. The normalized spacial score (nSPS) is 11.2. The Kier molecular flexibility index (Phi) is 5.03. The van der Waals surface area contributed by atoms with Crippen LogP contribution in [0.2, 0.25) is 0 Å². The minimum Gasteiger partial charge on any atom is -0.435 e. The maximum absolute atomic E-state index is 12.1. The minimum absolute atomic E-state index is 0.0295. The highest BCUT2D eigenvalue weighted by molar-refractivity contribution is 9.10. The molecular formula is C14H9BrF2O2S. The first-order valence-electron chi connectivity index (χ1n) is 5.56. The Morgan fingerprint density at radius 3 is 2.80 bits per heavy atom. The Morgan fingerprint density at radius 2 is 2.15 bits per heavy atom. The summed E-state index contributed by atoms with van der Waals surface area (Å²) in [7, 11) is 0. The van der Waals surface area contributed by atoms with Gasteiger partial charge in [-0.1, -0.05) is 12.1 Å². The van der Waals surface area contributed by atoms with Crippen LogP contribution in [0.15, 0.2) is 46.3 Å². The summed E-state index contributed by atoms with van der Waals surface area (Å²) in [6.07, 6.45) is 3.08. The van der Waals surface area contributed by atoms with Crippen LogP contribution < -0.4 is 4.74 Å². The summed E-state index contributed by atoms with van der Waals surface area (Å²) in [6, 6.07) is 7.60. The molecule has 1 heterocycles. The van der Waals surface area contributed by atoms with Crippen LogP contribution >= 0.6 is 27.3 Å². The van der Waals surface area contributed by atoms with Gasteiger partial charge in [-0.15, -0.1) is 11.3 Å². The summed E-state index contributed by atoms with van der Waals surface area (Å²) in [4.78, 5) is 12.8. The fourth-order valence-corrected chi connectivity index (χ4v) is 2.83. The zero-order valence-electron chi connectivity index (χ0n) is 10.1. The van der Waals surface area contributed by atoms with Crippen molar-refractivity contribution in [2.24, 2.45) is 0 Å². The van der Waals surface area contributed by atoms with Crippen molar-refractivity contribution in [3.05, 3.63) is 56.7 Å². The quantitative estimate of drug-likeness (QED) is 0.554. The number of thiophene rings is 1. The fourth-order valence-electron chi connectivity index (χ4n) is 1.50. The molecule has 2 aromatic rings. The van der Waals surface area contributed by atoms with E-state index >= 15 is 0 Å². The van der Waals surface area contributed by atoms with E-state index in [1.165, 1.54) is 35.6 Å². The van der Waals surface area contributed by atoms with Gasteiger partial charge in [0, 0.05) is 20.3 Å². The average molecular weight is 359 g/mol. The van der Waals surface area contributed by atoms with Gasteiger partial charge in [-0.3, -0.25) is 4.79 Å². The first kappa shape index (κ1) is 14.9. The summed E-state index contributed by atoms with van der Waals surface area (Å²) in [5, 5.41) is 1.90. The van der Waals surface area contributed by atoms with Crippen LogP contribution in [0.4, 0.5) is 8.78 Å². The molecule has 2 rings (SSSR count). The Bertz CT molecular complexity index is 638. The number of halogens is 3. The molecule has 0 aliphatic rings. The van der Waals surface area contributed by atoms with Crippen LogP contribution in [0.3, 0.4) is 0 Å².